The molecule has 18 heavy (non-hydrogen) atoms. The highest BCUT2D eigenvalue weighted by Crippen LogP contribution is 2.16. The Balaban J connectivity index is 2.33. The Kier molecular flexibility index (Phi) is 4.47. The molecule has 0 unspecified atom stereocenters. The Morgan fingerprint density at radius 1 is 1.28 bits per heavy atom. The predicted octanol–water partition coefficient (Wildman–Crippen LogP) is 2.33. The molecule has 0 aliphatic heterocycles. The average Bonchev–Trinajstić information content (AvgIpc) is 2.85. The van der Waals surface area contributed by atoms with Crippen LogP contribution in [0.25, 0.3) is 5.69 Å². The first kappa shape index (κ1) is 12.8. The first-order chi connectivity index (χ1) is 8.86. The fourth-order valence-electron chi connectivity index (χ4n) is 2.00. The normalized spacial score (nSPS) is 10.8. The summed E-state index contributed by atoms with van der Waals surface area (Å²) in [5.74, 6) is 1.10. The van der Waals surface area contributed by atoms with Crippen LogP contribution in [0.3, 0.4) is 0 Å². The van der Waals surface area contributed by atoms with E-state index in [-0.39, 0.29) is 0 Å². The van der Waals surface area contributed by atoms with Crippen molar-refractivity contribution in [3.63, 3.8) is 0 Å². The molecule has 96 valence electrons. The van der Waals surface area contributed by atoms with E-state index < -0.39 is 0 Å². The van der Waals surface area contributed by atoms with Gasteiger partial charge in [0.25, 0.3) is 0 Å². The van der Waals surface area contributed by atoms with Gasteiger partial charge in [-0.05, 0) is 24.6 Å². The van der Waals surface area contributed by atoms with Crippen molar-refractivity contribution in [1.29, 1.82) is 0 Å². The van der Waals surface area contributed by atoms with E-state index in [4.69, 9.17) is 0 Å². The van der Waals surface area contributed by atoms with Gasteiger partial charge in [0.15, 0.2) is 0 Å². The highest BCUT2D eigenvalue weighted by Gasteiger charge is 2.08. The topological polar surface area (TPSA) is 42.7 Å². The number of aromatic nitrogens is 3. The first-order valence-electron chi connectivity index (χ1n) is 6.53. The Labute approximate surface area is 108 Å². The summed E-state index contributed by atoms with van der Waals surface area (Å²) in [5.41, 5.74) is 2.38. The van der Waals surface area contributed by atoms with Gasteiger partial charge in [0.2, 0.25) is 0 Å². The van der Waals surface area contributed by atoms with Crippen molar-refractivity contribution in [3.05, 3.63) is 42.2 Å². The molecule has 4 heteroatoms. The van der Waals surface area contributed by atoms with Crippen LogP contribution in [0.2, 0.25) is 0 Å². The number of aryl methyl sites for hydroxylation is 1. The number of imidazole rings is 1. The third-order valence-electron chi connectivity index (χ3n) is 2.90. The van der Waals surface area contributed by atoms with Crippen LogP contribution < -0.4 is 5.32 Å². The zero-order chi connectivity index (χ0) is 12.8. The molecule has 2 rings (SSSR count). The van der Waals surface area contributed by atoms with Crippen molar-refractivity contribution in [2.45, 2.75) is 33.2 Å². The monoisotopic (exact) mass is 244 g/mol. The van der Waals surface area contributed by atoms with Gasteiger partial charge in [0.05, 0.1) is 11.9 Å². The molecule has 0 bridgehead atoms. The van der Waals surface area contributed by atoms with E-state index in [2.05, 4.69) is 39.8 Å². The van der Waals surface area contributed by atoms with Crippen LogP contribution in [0, 0.1) is 0 Å². The van der Waals surface area contributed by atoms with Gasteiger partial charge in [-0.1, -0.05) is 13.8 Å². The molecule has 4 nitrogen and oxygen atoms in total. The zero-order valence-electron chi connectivity index (χ0n) is 11.1. The molecule has 0 atom stereocenters. The zero-order valence-corrected chi connectivity index (χ0v) is 11.1. The van der Waals surface area contributed by atoms with E-state index in [0.29, 0.717) is 0 Å². The van der Waals surface area contributed by atoms with Crippen LogP contribution in [-0.2, 0) is 13.0 Å². The number of pyridine rings is 1. The molecular formula is C14H20N4. The lowest BCUT2D eigenvalue weighted by Gasteiger charge is -2.12. The van der Waals surface area contributed by atoms with Crippen LogP contribution in [0.1, 0.15) is 31.7 Å². The fourth-order valence-corrected chi connectivity index (χ4v) is 2.00. The Bertz CT molecular complexity index is 490. The molecule has 0 saturated carbocycles. The van der Waals surface area contributed by atoms with Crippen molar-refractivity contribution in [1.82, 2.24) is 19.9 Å². The maximum atomic E-state index is 4.42. The summed E-state index contributed by atoms with van der Waals surface area (Å²) >= 11 is 0. The summed E-state index contributed by atoms with van der Waals surface area (Å²) < 4.78 is 2.14. The number of nitrogens with one attached hydrogen (secondary N) is 1. The smallest absolute Gasteiger partial charge is 0.113 e. The highest BCUT2D eigenvalue weighted by atomic mass is 15.1. The predicted molar refractivity (Wildman–Crippen MR) is 72.7 cm³/mol. The van der Waals surface area contributed by atoms with Gasteiger partial charge < -0.3 is 9.88 Å². The molecule has 1 N–H and O–H groups in total. The second kappa shape index (κ2) is 6.31. The summed E-state index contributed by atoms with van der Waals surface area (Å²) in [5, 5.41) is 3.36. The average molecular weight is 244 g/mol. The van der Waals surface area contributed by atoms with Gasteiger partial charge in [-0.3, -0.25) is 4.98 Å². The molecule has 0 saturated heterocycles. The van der Waals surface area contributed by atoms with Crippen molar-refractivity contribution in [2.24, 2.45) is 0 Å². The third kappa shape index (κ3) is 2.76. The molecule has 2 aromatic heterocycles. The van der Waals surface area contributed by atoms with Gasteiger partial charge in [-0.25, -0.2) is 4.98 Å². The number of hydrogen-bond donors (Lipinski definition) is 1. The SMILES string of the molecule is CCCc1nccn1-c1cnccc1CNCC. The number of nitrogens with zero attached hydrogens (tertiary/aromatic N) is 3. The van der Waals surface area contributed by atoms with Gasteiger partial charge in [0, 0.05) is 31.6 Å². The summed E-state index contributed by atoms with van der Waals surface area (Å²) in [6, 6.07) is 2.06. The number of hydrogen-bond acceptors (Lipinski definition) is 3. The Morgan fingerprint density at radius 2 is 2.17 bits per heavy atom. The lowest BCUT2D eigenvalue weighted by Crippen LogP contribution is -2.14. The van der Waals surface area contributed by atoms with Crippen molar-refractivity contribution in [3.8, 4) is 5.69 Å². The molecule has 0 aliphatic carbocycles. The molecule has 0 fully saturated rings. The molecule has 0 amide bonds. The van der Waals surface area contributed by atoms with Gasteiger partial charge in [-0.2, -0.15) is 0 Å². The van der Waals surface area contributed by atoms with E-state index in [1.165, 1.54) is 5.56 Å². The maximum absolute atomic E-state index is 4.42. The second-order valence-corrected chi connectivity index (χ2v) is 4.25. The second-order valence-electron chi connectivity index (χ2n) is 4.25. The minimum Gasteiger partial charge on any atom is -0.313 e. The summed E-state index contributed by atoms with van der Waals surface area (Å²) in [7, 11) is 0. The summed E-state index contributed by atoms with van der Waals surface area (Å²) in [6.45, 7) is 6.11. The van der Waals surface area contributed by atoms with Crippen LogP contribution >= 0.6 is 0 Å². The van der Waals surface area contributed by atoms with Crippen LogP contribution in [0.4, 0.5) is 0 Å². The van der Waals surface area contributed by atoms with Gasteiger partial charge in [-0.15, -0.1) is 0 Å². The van der Waals surface area contributed by atoms with E-state index in [1.807, 2.05) is 24.8 Å². The van der Waals surface area contributed by atoms with Crippen LogP contribution in [-0.4, -0.2) is 21.1 Å². The fraction of sp³-hybridized carbons (Fsp3) is 0.429. The van der Waals surface area contributed by atoms with Crippen LogP contribution in [0.15, 0.2) is 30.9 Å². The minimum atomic E-state index is 0.859. The van der Waals surface area contributed by atoms with E-state index >= 15 is 0 Å². The Hall–Kier alpha value is -1.68. The van der Waals surface area contributed by atoms with Crippen molar-refractivity contribution >= 4 is 0 Å². The molecule has 0 aliphatic rings. The molecular weight excluding hydrogens is 224 g/mol. The molecule has 2 aromatic rings. The number of rotatable bonds is 6. The van der Waals surface area contributed by atoms with Crippen molar-refractivity contribution < 1.29 is 0 Å². The first-order valence-corrected chi connectivity index (χ1v) is 6.53. The van der Waals surface area contributed by atoms with Gasteiger partial charge >= 0.3 is 0 Å². The molecule has 0 spiro atoms. The molecule has 0 aromatic carbocycles. The van der Waals surface area contributed by atoms with E-state index in [9.17, 15) is 0 Å². The largest absolute Gasteiger partial charge is 0.313 e. The summed E-state index contributed by atoms with van der Waals surface area (Å²) in [4.78, 5) is 8.65. The van der Waals surface area contributed by atoms with E-state index in [0.717, 1.165) is 37.4 Å². The maximum Gasteiger partial charge on any atom is 0.113 e. The van der Waals surface area contributed by atoms with E-state index in [1.54, 1.807) is 0 Å². The van der Waals surface area contributed by atoms with Gasteiger partial charge in [0.1, 0.15) is 5.82 Å². The highest BCUT2D eigenvalue weighted by molar-refractivity contribution is 5.39. The standard InChI is InChI=1S/C14H20N4/c1-3-5-14-17-8-9-18(14)13-11-16-7-6-12(13)10-15-4-2/h6-9,11,15H,3-5,10H2,1-2H3. The molecule has 0 radical (unpaired) electrons. The lowest BCUT2D eigenvalue weighted by atomic mass is 10.2. The third-order valence-corrected chi connectivity index (χ3v) is 2.90. The van der Waals surface area contributed by atoms with Crippen molar-refractivity contribution in [2.75, 3.05) is 6.54 Å². The quantitative estimate of drug-likeness (QED) is 0.848. The van der Waals surface area contributed by atoms with Crippen LogP contribution in [0.5, 0.6) is 0 Å². The summed E-state index contributed by atoms with van der Waals surface area (Å²) in [6.07, 6.45) is 9.70. The Morgan fingerprint density at radius 3 is 2.94 bits per heavy atom. The minimum absolute atomic E-state index is 0.859. The lowest BCUT2D eigenvalue weighted by molar-refractivity contribution is 0.716. The molecule has 2 heterocycles.